The first-order valence-corrected chi connectivity index (χ1v) is 24.8. The van der Waals surface area contributed by atoms with E-state index in [9.17, 15) is 0 Å². The molecule has 2 heteroatoms. The number of rotatable bonds is 7. The molecule has 1 fully saturated rings. The van der Waals surface area contributed by atoms with Crippen molar-refractivity contribution in [3.8, 4) is 22.3 Å². The Bertz CT molecular complexity index is 3320. The first-order chi connectivity index (χ1) is 33.0. The molecule has 326 valence electrons. The van der Waals surface area contributed by atoms with E-state index < -0.39 is 0 Å². The van der Waals surface area contributed by atoms with E-state index >= 15 is 0 Å². The highest BCUT2D eigenvalue weighted by Gasteiger charge is 2.59. The van der Waals surface area contributed by atoms with Gasteiger partial charge in [0.15, 0.2) is 0 Å². The van der Waals surface area contributed by atoms with E-state index in [2.05, 4.69) is 230 Å². The Balaban J connectivity index is 1.05. The van der Waals surface area contributed by atoms with Crippen molar-refractivity contribution in [3.05, 3.63) is 240 Å². The number of benzene rings is 9. The van der Waals surface area contributed by atoms with Crippen LogP contribution in [0, 0.1) is 11.8 Å². The molecule has 9 aromatic carbocycles. The Kier molecular flexibility index (Phi) is 9.43. The maximum absolute atomic E-state index is 2.63. The molecule has 0 aromatic heterocycles. The fraction of sp³-hybridized carbons (Fsp3) is 0.200. The summed E-state index contributed by atoms with van der Waals surface area (Å²) < 4.78 is 0. The van der Waals surface area contributed by atoms with Gasteiger partial charge >= 0.3 is 0 Å². The third kappa shape index (κ3) is 6.22. The van der Waals surface area contributed by atoms with Crippen molar-refractivity contribution in [1.29, 1.82) is 0 Å². The van der Waals surface area contributed by atoms with Gasteiger partial charge in [-0.15, -0.1) is 0 Å². The summed E-state index contributed by atoms with van der Waals surface area (Å²) in [4.78, 5) is 5.25. The Morgan fingerprint density at radius 2 is 0.910 bits per heavy atom. The number of hydrogen-bond acceptors (Lipinski definition) is 2. The number of hydrogen-bond donors (Lipinski definition) is 0. The van der Waals surface area contributed by atoms with Gasteiger partial charge < -0.3 is 9.80 Å². The monoisotopic (exact) mass is 864 g/mol. The quantitative estimate of drug-likeness (QED) is 0.157. The zero-order chi connectivity index (χ0) is 44.7. The van der Waals surface area contributed by atoms with Crippen LogP contribution in [0.1, 0.15) is 79.3 Å². The average Bonchev–Trinajstić information content (AvgIpc) is 3.96. The van der Waals surface area contributed by atoms with Gasteiger partial charge in [-0.25, -0.2) is 0 Å². The predicted octanol–water partition coefficient (Wildman–Crippen LogP) is 17.3. The van der Waals surface area contributed by atoms with Crippen molar-refractivity contribution in [2.75, 3.05) is 9.80 Å². The molecule has 1 saturated carbocycles. The van der Waals surface area contributed by atoms with Crippen LogP contribution < -0.4 is 9.80 Å². The Hall–Kier alpha value is -7.16. The van der Waals surface area contributed by atoms with Crippen LogP contribution in [0.15, 0.2) is 206 Å². The summed E-state index contributed by atoms with van der Waals surface area (Å²) in [7, 11) is 0. The van der Waals surface area contributed by atoms with Crippen LogP contribution in [0.25, 0.3) is 33.0 Å². The second-order valence-corrected chi connectivity index (χ2v) is 20.3. The van der Waals surface area contributed by atoms with Gasteiger partial charge in [0.25, 0.3) is 0 Å². The standard InChI is InChI=1S/C65H56N2/c1-64(2)58-29-15-14-28-56(58)57-39-38-55(43-59(57)64)66(52-26-10-5-11-27-52)60-30-16-22-48-40-50-24-8-4-9-25-51-41-49-23-17-31-61(63(49)65(50,51)62(48)60)67(54-37-34-45-20-12-13-21-47(45)42-54)53-35-32-46(33-36-53)44-18-6-3-7-19-44/h3,5-7,10-23,26-39,42-43,50-51H,4,8-9,24-25,40-41H2,1-2H3. The summed E-state index contributed by atoms with van der Waals surface area (Å²) in [6.07, 6.45) is 8.53. The third-order valence-corrected chi connectivity index (χ3v) is 16.5. The van der Waals surface area contributed by atoms with Crippen molar-refractivity contribution in [1.82, 2.24) is 0 Å². The van der Waals surface area contributed by atoms with Crippen LogP contribution in [-0.2, 0) is 23.7 Å². The molecule has 1 spiro atoms. The van der Waals surface area contributed by atoms with Gasteiger partial charge in [-0.05, 0) is 165 Å². The lowest BCUT2D eigenvalue weighted by atomic mass is 9.60. The fourth-order valence-electron chi connectivity index (χ4n) is 13.6. The maximum Gasteiger partial charge on any atom is 0.0505 e. The molecule has 4 aliphatic carbocycles. The summed E-state index contributed by atoms with van der Waals surface area (Å²) in [5.74, 6) is 0.975. The van der Waals surface area contributed by atoms with Crippen LogP contribution in [0.2, 0.25) is 0 Å². The molecule has 0 amide bonds. The molecule has 0 radical (unpaired) electrons. The van der Waals surface area contributed by atoms with Crippen LogP contribution in [0.4, 0.5) is 34.1 Å². The van der Waals surface area contributed by atoms with E-state index in [1.807, 2.05) is 0 Å². The summed E-state index contributed by atoms with van der Waals surface area (Å²) in [6, 6.07) is 78.3. The van der Waals surface area contributed by atoms with Gasteiger partial charge in [0.05, 0.1) is 11.4 Å². The summed E-state index contributed by atoms with van der Waals surface area (Å²) in [5, 5.41) is 2.52. The minimum atomic E-state index is -0.184. The fourth-order valence-corrected chi connectivity index (χ4v) is 13.6. The molecule has 0 heterocycles. The minimum absolute atomic E-state index is 0.109. The highest BCUT2D eigenvalue weighted by Crippen LogP contribution is 2.66. The van der Waals surface area contributed by atoms with Gasteiger partial charge in [0, 0.05) is 33.6 Å². The largest absolute Gasteiger partial charge is 0.310 e. The maximum atomic E-state index is 2.63. The Morgan fingerprint density at radius 3 is 1.60 bits per heavy atom. The number of anilines is 6. The van der Waals surface area contributed by atoms with Crippen molar-refractivity contribution in [2.45, 2.75) is 69.6 Å². The number of para-hydroxylation sites is 1. The molecule has 3 atom stereocenters. The normalized spacial score (nSPS) is 19.6. The van der Waals surface area contributed by atoms with Gasteiger partial charge in [-0.2, -0.15) is 0 Å². The van der Waals surface area contributed by atoms with Crippen molar-refractivity contribution in [3.63, 3.8) is 0 Å². The molecule has 0 N–H and O–H groups in total. The highest BCUT2D eigenvalue weighted by atomic mass is 15.2. The lowest BCUT2D eigenvalue weighted by molar-refractivity contribution is 0.205. The highest BCUT2D eigenvalue weighted by molar-refractivity contribution is 5.92. The first kappa shape index (κ1) is 40.1. The lowest BCUT2D eigenvalue weighted by Crippen LogP contribution is -2.40. The zero-order valence-corrected chi connectivity index (χ0v) is 38.6. The predicted molar refractivity (Wildman–Crippen MR) is 281 cm³/mol. The van der Waals surface area contributed by atoms with Gasteiger partial charge in [0.1, 0.15) is 0 Å². The number of fused-ring (bicyclic) bond motifs is 6. The Labute approximate surface area is 396 Å². The van der Waals surface area contributed by atoms with Crippen molar-refractivity contribution < 1.29 is 0 Å². The second kappa shape index (κ2) is 15.7. The molecule has 4 aliphatic rings. The van der Waals surface area contributed by atoms with Gasteiger partial charge in [-0.3, -0.25) is 0 Å². The average molecular weight is 865 g/mol. The lowest BCUT2D eigenvalue weighted by Gasteiger charge is -2.45. The first-order valence-electron chi connectivity index (χ1n) is 24.8. The van der Waals surface area contributed by atoms with Crippen molar-refractivity contribution >= 4 is 44.9 Å². The summed E-state index contributed by atoms with van der Waals surface area (Å²) >= 11 is 0. The third-order valence-electron chi connectivity index (χ3n) is 16.5. The topological polar surface area (TPSA) is 6.48 Å². The van der Waals surface area contributed by atoms with Gasteiger partial charge in [0.2, 0.25) is 0 Å². The van der Waals surface area contributed by atoms with E-state index in [-0.39, 0.29) is 10.8 Å². The smallest absolute Gasteiger partial charge is 0.0505 e. The van der Waals surface area contributed by atoms with Crippen LogP contribution in [-0.4, -0.2) is 0 Å². The van der Waals surface area contributed by atoms with E-state index in [0.29, 0.717) is 11.8 Å². The minimum Gasteiger partial charge on any atom is -0.310 e. The summed E-state index contributed by atoms with van der Waals surface area (Å²) in [6.45, 7) is 4.81. The molecule has 0 bridgehead atoms. The van der Waals surface area contributed by atoms with E-state index in [0.717, 1.165) is 12.8 Å². The van der Waals surface area contributed by atoms with E-state index in [1.165, 1.54) is 122 Å². The molecule has 67 heavy (non-hydrogen) atoms. The Morgan fingerprint density at radius 1 is 0.388 bits per heavy atom. The van der Waals surface area contributed by atoms with E-state index in [4.69, 9.17) is 0 Å². The van der Waals surface area contributed by atoms with Crippen LogP contribution >= 0.6 is 0 Å². The van der Waals surface area contributed by atoms with Crippen molar-refractivity contribution in [2.24, 2.45) is 11.8 Å². The molecule has 9 aromatic rings. The molecular formula is C65H56N2. The van der Waals surface area contributed by atoms with Crippen LogP contribution in [0.5, 0.6) is 0 Å². The van der Waals surface area contributed by atoms with Crippen LogP contribution in [0.3, 0.4) is 0 Å². The molecule has 13 rings (SSSR count). The van der Waals surface area contributed by atoms with E-state index in [1.54, 1.807) is 11.1 Å². The van der Waals surface area contributed by atoms with Gasteiger partial charge in [-0.1, -0.05) is 179 Å². The molecule has 3 unspecified atom stereocenters. The molecule has 2 nitrogen and oxygen atoms in total. The SMILES string of the molecule is CC1(C)c2ccccc2-c2ccc(N(c3ccccc3)c3cccc4c3C35c6c(cccc6N(c6ccc(-c7ccccc7)cc6)c6ccc7ccccc7c6)CC3CCCCCC5C4)cc21. The summed E-state index contributed by atoms with van der Waals surface area (Å²) in [5.41, 5.74) is 21.3. The zero-order valence-electron chi connectivity index (χ0n) is 38.6. The second-order valence-electron chi connectivity index (χ2n) is 20.3. The number of nitrogens with zero attached hydrogens (tertiary/aromatic N) is 2. The molecular weight excluding hydrogens is 809 g/mol. The molecule has 0 saturated heterocycles. The molecule has 0 aliphatic heterocycles.